The van der Waals surface area contributed by atoms with Gasteiger partial charge in [0, 0.05) is 32.5 Å². The van der Waals surface area contributed by atoms with Crippen LogP contribution in [-0.4, -0.2) is 45.2 Å². The first-order valence-corrected chi connectivity index (χ1v) is 11.0. The maximum Gasteiger partial charge on any atom is 0.223 e. The standard InChI is InChI=1S/C22H33NO4.C2H6.H2/c1-16(2)21(24)19-8-4-17(5-9-19)18-6-10-20(11-7-18)22(25)23-12-13-27-15-14-26-3;1-2;/h4-5,8-9,16,18,20H,6-7,10-15H2,1-3H3,(H,23,25);1-2H3;1H. The molecule has 0 unspecified atom stereocenters. The predicted molar refractivity (Wildman–Crippen MR) is 119 cm³/mol. The van der Waals surface area contributed by atoms with Gasteiger partial charge >= 0.3 is 0 Å². The molecular formula is C24H41NO4. The molecule has 0 aromatic heterocycles. The van der Waals surface area contributed by atoms with Crippen LogP contribution in [0, 0.1) is 11.8 Å². The Labute approximate surface area is 178 Å². The zero-order valence-electron chi connectivity index (χ0n) is 18.8. The van der Waals surface area contributed by atoms with E-state index in [9.17, 15) is 9.59 Å². The van der Waals surface area contributed by atoms with Crippen molar-refractivity contribution in [3.05, 3.63) is 35.4 Å². The van der Waals surface area contributed by atoms with Gasteiger partial charge in [0.2, 0.25) is 5.91 Å². The summed E-state index contributed by atoms with van der Waals surface area (Å²) in [5.41, 5.74) is 2.07. The second kappa shape index (κ2) is 14.3. The third-order valence-corrected chi connectivity index (χ3v) is 5.27. The Hall–Kier alpha value is -1.72. The molecule has 1 aromatic rings. The molecule has 166 valence electrons. The molecule has 5 heteroatoms. The third-order valence-electron chi connectivity index (χ3n) is 5.27. The molecule has 0 atom stereocenters. The van der Waals surface area contributed by atoms with Gasteiger partial charge in [0.25, 0.3) is 0 Å². The quantitative estimate of drug-likeness (QED) is 0.445. The van der Waals surface area contributed by atoms with Crippen LogP contribution in [0.3, 0.4) is 0 Å². The van der Waals surface area contributed by atoms with E-state index in [1.54, 1.807) is 7.11 Å². The van der Waals surface area contributed by atoms with Crippen LogP contribution < -0.4 is 5.32 Å². The largest absolute Gasteiger partial charge is 0.382 e. The summed E-state index contributed by atoms with van der Waals surface area (Å²) in [5.74, 6) is 0.932. The lowest BCUT2D eigenvalue weighted by atomic mass is 9.78. The first kappa shape index (κ1) is 25.3. The summed E-state index contributed by atoms with van der Waals surface area (Å²) >= 11 is 0. The van der Waals surface area contributed by atoms with Gasteiger partial charge in [-0.05, 0) is 37.2 Å². The first-order valence-electron chi connectivity index (χ1n) is 11.0. The average Bonchev–Trinajstić information content (AvgIpc) is 2.77. The van der Waals surface area contributed by atoms with Crippen molar-refractivity contribution in [3.63, 3.8) is 0 Å². The maximum absolute atomic E-state index is 12.3. The van der Waals surface area contributed by atoms with Gasteiger partial charge in [0.1, 0.15) is 0 Å². The number of ketones is 1. The topological polar surface area (TPSA) is 64.6 Å². The lowest BCUT2D eigenvalue weighted by Crippen LogP contribution is -2.35. The monoisotopic (exact) mass is 407 g/mol. The van der Waals surface area contributed by atoms with Crippen LogP contribution in [-0.2, 0) is 14.3 Å². The maximum atomic E-state index is 12.3. The predicted octanol–water partition coefficient (Wildman–Crippen LogP) is 4.85. The molecule has 1 aromatic carbocycles. The van der Waals surface area contributed by atoms with Gasteiger partial charge in [-0.2, -0.15) is 0 Å². The Kier molecular flexibility index (Phi) is 12.5. The summed E-state index contributed by atoms with van der Waals surface area (Å²) in [6, 6.07) is 8.05. The Morgan fingerprint density at radius 3 is 2.21 bits per heavy atom. The van der Waals surface area contributed by atoms with Crippen molar-refractivity contribution in [2.24, 2.45) is 11.8 Å². The number of hydrogen-bond acceptors (Lipinski definition) is 4. The Bertz CT molecular complexity index is 596. The van der Waals surface area contributed by atoms with Crippen molar-refractivity contribution < 1.29 is 20.5 Å². The molecule has 0 spiro atoms. The molecule has 2 rings (SSSR count). The number of methoxy groups -OCH3 is 1. The highest BCUT2D eigenvalue weighted by molar-refractivity contribution is 5.97. The zero-order chi connectivity index (χ0) is 21.6. The van der Waals surface area contributed by atoms with Crippen molar-refractivity contribution >= 4 is 11.7 Å². The number of Topliss-reactive ketones (excluding diaryl/α,β-unsaturated/α-hetero) is 1. The highest BCUT2D eigenvalue weighted by Crippen LogP contribution is 2.36. The second-order valence-electron chi connectivity index (χ2n) is 7.59. The van der Waals surface area contributed by atoms with Crippen LogP contribution in [0.15, 0.2) is 24.3 Å². The molecule has 5 nitrogen and oxygen atoms in total. The number of nitrogens with one attached hydrogen (secondary N) is 1. The zero-order valence-corrected chi connectivity index (χ0v) is 18.8. The highest BCUT2D eigenvalue weighted by atomic mass is 16.5. The number of rotatable bonds is 10. The summed E-state index contributed by atoms with van der Waals surface area (Å²) in [4.78, 5) is 24.3. The minimum Gasteiger partial charge on any atom is -0.382 e. The van der Waals surface area contributed by atoms with Crippen molar-refractivity contribution in [2.45, 2.75) is 59.3 Å². The van der Waals surface area contributed by atoms with Crippen LogP contribution in [0.4, 0.5) is 0 Å². The summed E-state index contributed by atoms with van der Waals surface area (Å²) in [6.45, 7) is 10.0. The molecule has 0 bridgehead atoms. The number of ether oxygens (including phenoxy) is 2. The van der Waals surface area contributed by atoms with E-state index in [-0.39, 0.29) is 25.0 Å². The van der Waals surface area contributed by atoms with Gasteiger partial charge < -0.3 is 14.8 Å². The fourth-order valence-electron chi connectivity index (χ4n) is 3.58. The molecular weight excluding hydrogens is 366 g/mol. The number of carbonyl (C=O) groups excluding carboxylic acids is 2. The van der Waals surface area contributed by atoms with E-state index >= 15 is 0 Å². The molecule has 1 aliphatic carbocycles. The first-order chi connectivity index (χ1) is 14.0. The molecule has 0 radical (unpaired) electrons. The van der Waals surface area contributed by atoms with Crippen LogP contribution in [0.25, 0.3) is 0 Å². The second-order valence-corrected chi connectivity index (χ2v) is 7.59. The fourth-order valence-corrected chi connectivity index (χ4v) is 3.58. The molecule has 1 aliphatic rings. The molecule has 1 fully saturated rings. The Balaban J connectivity index is 0.00000272. The lowest BCUT2D eigenvalue weighted by Gasteiger charge is -2.28. The Morgan fingerprint density at radius 2 is 1.66 bits per heavy atom. The summed E-state index contributed by atoms with van der Waals surface area (Å²) in [5, 5.41) is 2.97. The van der Waals surface area contributed by atoms with Crippen LogP contribution in [0.5, 0.6) is 0 Å². The minimum absolute atomic E-state index is 0. The third kappa shape index (κ3) is 8.67. The minimum atomic E-state index is 0. The van der Waals surface area contributed by atoms with Crippen LogP contribution >= 0.6 is 0 Å². The SMILES string of the molecule is CC.COCCOCCNC(=O)C1CCC(c2ccc(C(=O)C(C)C)cc2)CC1.[HH]. The van der Waals surface area contributed by atoms with Gasteiger partial charge in [-0.15, -0.1) is 0 Å². The number of hydrogen-bond donors (Lipinski definition) is 1. The van der Waals surface area contributed by atoms with Gasteiger partial charge in [-0.1, -0.05) is 52.0 Å². The number of carbonyl (C=O) groups is 2. The molecule has 0 heterocycles. The summed E-state index contributed by atoms with van der Waals surface area (Å²) < 4.78 is 10.3. The van der Waals surface area contributed by atoms with Gasteiger partial charge in [0.05, 0.1) is 19.8 Å². The molecule has 0 aliphatic heterocycles. The summed E-state index contributed by atoms with van der Waals surface area (Å²) in [7, 11) is 1.64. The van der Waals surface area contributed by atoms with Gasteiger partial charge in [-0.3, -0.25) is 9.59 Å². The van der Waals surface area contributed by atoms with Crippen molar-refractivity contribution in [3.8, 4) is 0 Å². The smallest absolute Gasteiger partial charge is 0.223 e. The van der Waals surface area contributed by atoms with E-state index in [2.05, 4.69) is 17.4 Å². The molecule has 1 N–H and O–H groups in total. The normalized spacial score (nSPS) is 18.7. The summed E-state index contributed by atoms with van der Waals surface area (Å²) in [6.07, 6.45) is 3.85. The average molecular weight is 408 g/mol. The fraction of sp³-hybridized carbons (Fsp3) is 0.667. The lowest BCUT2D eigenvalue weighted by molar-refractivity contribution is -0.126. The molecule has 1 saturated carbocycles. The van der Waals surface area contributed by atoms with Gasteiger partial charge in [0.15, 0.2) is 5.78 Å². The van der Waals surface area contributed by atoms with E-state index in [4.69, 9.17) is 9.47 Å². The van der Waals surface area contributed by atoms with E-state index in [1.165, 1.54) is 5.56 Å². The van der Waals surface area contributed by atoms with E-state index in [0.717, 1.165) is 31.2 Å². The molecule has 0 saturated heterocycles. The highest BCUT2D eigenvalue weighted by Gasteiger charge is 2.27. The number of amides is 1. The van der Waals surface area contributed by atoms with E-state index < -0.39 is 0 Å². The molecule has 1 amide bonds. The van der Waals surface area contributed by atoms with Crippen molar-refractivity contribution in [1.82, 2.24) is 5.32 Å². The van der Waals surface area contributed by atoms with Crippen molar-refractivity contribution in [1.29, 1.82) is 0 Å². The number of benzene rings is 1. The van der Waals surface area contributed by atoms with Crippen LogP contribution in [0.1, 0.15) is 76.6 Å². The van der Waals surface area contributed by atoms with Crippen molar-refractivity contribution in [2.75, 3.05) is 33.5 Å². The Morgan fingerprint density at radius 1 is 1.03 bits per heavy atom. The van der Waals surface area contributed by atoms with E-state index in [0.29, 0.717) is 32.3 Å². The van der Waals surface area contributed by atoms with Crippen LogP contribution in [0.2, 0.25) is 0 Å². The van der Waals surface area contributed by atoms with E-state index in [1.807, 2.05) is 39.8 Å². The van der Waals surface area contributed by atoms with Gasteiger partial charge in [-0.25, -0.2) is 0 Å². The molecule has 29 heavy (non-hydrogen) atoms.